The zero-order valence-electron chi connectivity index (χ0n) is 16.8. The first-order chi connectivity index (χ1) is 13.2. The maximum Gasteiger partial charge on any atom is 0.261 e. The lowest BCUT2D eigenvalue weighted by Gasteiger charge is -2.20. The largest absolute Gasteiger partial charge is 0.481 e. The molecule has 0 saturated carbocycles. The van der Waals surface area contributed by atoms with Gasteiger partial charge in [-0.25, -0.2) is 8.42 Å². The third-order valence-corrected chi connectivity index (χ3v) is 5.80. The summed E-state index contributed by atoms with van der Waals surface area (Å²) < 4.78 is 30.2. The van der Waals surface area contributed by atoms with Crippen LogP contribution in [0.3, 0.4) is 0 Å². The van der Waals surface area contributed by atoms with Crippen LogP contribution in [0.2, 0.25) is 0 Å². The van der Waals surface area contributed by atoms with E-state index in [-0.39, 0.29) is 11.8 Å². The molecule has 0 unspecified atom stereocenters. The molecule has 0 aliphatic carbocycles. The van der Waals surface area contributed by atoms with E-state index in [2.05, 4.69) is 12.2 Å². The van der Waals surface area contributed by atoms with E-state index in [1.165, 1.54) is 16.9 Å². The van der Waals surface area contributed by atoms with Gasteiger partial charge in [0, 0.05) is 13.6 Å². The van der Waals surface area contributed by atoms with E-state index in [1.807, 2.05) is 37.3 Å². The minimum atomic E-state index is -3.32. The van der Waals surface area contributed by atoms with Gasteiger partial charge in [0.25, 0.3) is 5.91 Å². The van der Waals surface area contributed by atoms with E-state index in [0.717, 1.165) is 6.26 Å². The van der Waals surface area contributed by atoms with Crippen LogP contribution >= 0.6 is 0 Å². The Labute approximate surface area is 167 Å². The third kappa shape index (κ3) is 5.99. The van der Waals surface area contributed by atoms with Gasteiger partial charge in [-0.05, 0) is 42.2 Å². The smallest absolute Gasteiger partial charge is 0.261 e. The number of carbonyl (C=O) groups is 1. The van der Waals surface area contributed by atoms with Crippen LogP contribution in [0, 0.1) is 0 Å². The average molecular weight is 405 g/mol. The van der Waals surface area contributed by atoms with Crippen LogP contribution < -0.4 is 14.4 Å². The number of rotatable bonds is 9. The second kappa shape index (κ2) is 9.59. The van der Waals surface area contributed by atoms with Gasteiger partial charge in [-0.15, -0.1) is 0 Å². The molecule has 0 spiro atoms. The van der Waals surface area contributed by atoms with Gasteiger partial charge in [0.1, 0.15) is 5.75 Å². The molecule has 28 heavy (non-hydrogen) atoms. The Morgan fingerprint density at radius 1 is 1.11 bits per heavy atom. The highest BCUT2D eigenvalue weighted by Crippen LogP contribution is 2.21. The topological polar surface area (TPSA) is 75.7 Å². The zero-order chi connectivity index (χ0) is 20.7. The van der Waals surface area contributed by atoms with Crippen LogP contribution in [-0.4, -0.2) is 40.3 Å². The number of hydrogen-bond acceptors (Lipinski definition) is 4. The molecule has 0 aromatic heterocycles. The normalized spacial score (nSPS) is 13.4. The van der Waals surface area contributed by atoms with Crippen molar-refractivity contribution < 1.29 is 17.9 Å². The molecule has 1 amide bonds. The molecule has 0 aliphatic heterocycles. The van der Waals surface area contributed by atoms with Gasteiger partial charge in [0.05, 0.1) is 11.9 Å². The summed E-state index contributed by atoms with van der Waals surface area (Å²) in [5.74, 6) is 0.555. The summed E-state index contributed by atoms with van der Waals surface area (Å²) in [5, 5.41) is 2.95. The summed E-state index contributed by atoms with van der Waals surface area (Å²) in [6, 6.07) is 16.6. The highest BCUT2D eigenvalue weighted by Gasteiger charge is 2.19. The second-order valence-corrected chi connectivity index (χ2v) is 8.81. The predicted octanol–water partition coefficient (Wildman–Crippen LogP) is 3.16. The van der Waals surface area contributed by atoms with Crippen LogP contribution in [0.4, 0.5) is 5.69 Å². The highest BCUT2D eigenvalue weighted by molar-refractivity contribution is 7.92. The lowest BCUT2D eigenvalue weighted by atomic mass is 10.0. The Morgan fingerprint density at radius 2 is 1.71 bits per heavy atom. The van der Waals surface area contributed by atoms with Crippen molar-refractivity contribution in [1.29, 1.82) is 0 Å². The van der Waals surface area contributed by atoms with Crippen LogP contribution in [0.5, 0.6) is 5.75 Å². The molecule has 6 nitrogen and oxygen atoms in total. The van der Waals surface area contributed by atoms with E-state index in [0.29, 0.717) is 24.4 Å². The zero-order valence-corrected chi connectivity index (χ0v) is 17.6. The SMILES string of the molecule is CC[C@@H](Oc1ccc(N(C)S(C)(=O)=O)cc1)C(=O)NC[C@H](C)c1ccccc1. The molecule has 2 aromatic rings. The Hall–Kier alpha value is -2.54. The quantitative estimate of drug-likeness (QED) is 0.697. The van der Waals surface area contributed by atoms with Crippen LogP contribution in [0.15, 0.2) is 54.6 Å². The first-order valence-electron chi connectivity index (χ1n) is 9.25. The molecule has 152 valence electrons. The number of nitrogens with one attached hydrogen (secondary N) is 1. The van der Waals surface area contributed by atoms with Gasteiger partial charge in [0.15, 0.2) is 6.10 Å². The number of anilines is 1. The Bertz CT molecular complexity index is 867. The highest BCUT2D eigenvalue weighted by atomic mass is 32.2. The molecule has 2 atom stereocenters. The first kappa shape index (κ1) is 21.8. The summed E-state index contributed by atoms with van der Waals surface area (Å²) in [4.78, 5) is 12.5. The van der Waals surface area contributed by atoms with Gasteiger partial charge < -0.3 is 10.1 Å². The van der Waals surface area contributed by atoms with Gasteiger partial charge in [-0.2, -0.15) is 0 Å². The average Bonchev–Trinajstić information content (AvgIpc) is 2.69. The summed E-state index contributed by atoms with van der Waals surface area (Å²) in [6.45, 7) is 4.48. The fraction of sp³-hybridized carbons (Fsp3) is 0.381. The van der Waals surface area contributed by atoms with E-state index >= 15 is 0 Å². The summed E-state index contributed by atoms with van der Waals surface area (Å²) >= 11 is 0. The number of carbonyl (C=O) groups excluding carboxylic acids is 1. The van der Waals surface area contributed by atoms with Gasteiger partial charge in [-0.1, -0.05) is 44.2 Å². The molecule has 0 saturated heterocycles. The molecule has 0 aliphatic rings. The van der Waals surface area contributed by atoms with E-state index in [9.17, 15) is 13.2 Å². The molecule has 2 rings (SSSR count). The fourth-order valence-electron chi connectivity index (χ4n) is 2.68. The van der Waals surface area contributed by atoms with Crippen molar-refractivity contribution in [3.8, 4) is 5.75 Å². The lowest BCUT2D eigenvalue weighted by molar-refractivity contribution is -0.128. The number of sulfonamides is 1. The van der Waals surface area contributed by atoms with Crippen molar-refractivity contribution in [2.75, 3.05) is 24.2 Å². The van der Waals surface area contributed by atoms with Crippen LogP contribution in [-0.2, 0) is 14.8 Å². The molecule has 1 N–H and O–H groups in total. The first-order valence-corrected chi connectivity index (χ1v) is 11.1. The predicted molar refractivity (Wildman–Crippen MR) is 112 cm³/mol. The molecule has 0 heterocycles. The van der Waals surface area contributed by atoms with Crippen LogP contribution in [0.25, 0.3) is 0 Å². The third-order valence-electron chi connectivity index (χ3n) is 4.59. The molecule has 2 aromatic carbocycles. The van der Waals surface area contributed by atoms with Crippen molar-refractivity contribution in [1.82, 2.24) is 5.32 Å². The number of ether oxygens (including phenoxy) is 1. The van der Waals surface area contributed by atoms with E-state index < -0.39 is 16.1 Å². The molecule has 7 heteroatoms. The molecule has 0 radical (unpaired) electrons. The van der Waals surface area contributed by atoms with Crippen molar-refractivity contribution in [3.05, 3.63) is 60.2 Å². The standard InChI is InChI=1S/C21H28N2O4S/c1-5-20(21(24)22-15-16(2)17-9-7-6-8-10-17)27-19-13-11-18(12-14-19)23(3)28(4,25)26/h6-14,16,20H,5,15H2,1-4H3,(H,22,24)/t16-,20+/m0/s1. The second-order valence-electron chi connectivity index (χ2n) is 6.80. The lowest BCUT2D eigenvalue weighted by Crippen LogP contribution is -2.39. The Balaban J connectivity index is 1.95. The number of nitrogens with zero attached hydrogens (tertiary/aromatic N) is 1. The molecule has 0 bridgehead atoms. The molecular formula is C21H28N2O4S. The fourth-order valence-corrected chi connectivity index (χ4v) is 3.18. The summed E-state index contributed by atoms with van der Waals surface area (Å²) in [7, 11) is -1.83. The Kier molecular flexibility index (Phi) is 7.45. The van der Waals surface area contributed by atoms with Gasteiger partial charge >= 0.3 is 0 Å². The minimum absolute atomic E-state index is 0.164. The van der Waals surface area contributed by atoms with Crippen molar-refractivity contribution in [2.24, 2.45) is 0 Å². The van der Waals surface area contributed by atoms with Crippen molar-refractivity contribution in [3.63, 3.8) is 0 Å². The van der Waals surface area contributed by atoms with E-state index in [4.69, 9.17) is 4.74 Å². The minimum Gasteiger partial charge on any atom is -0.481 e. The summed E-state index contributed by atoms with van der Waals surface area (Å²) in [5.41, 5.74) is 1.70. The van der Waals surface area contributed by atoms with Crippen LogP contribution in [0.1, 0.15) is 31.7 Å². The van der Waals surface area contributed by atoms with Crippen molar-refractivity contribution in [2.45, 2.75) is 32.3 Å². The van der Waals surface area contributed by atoms with Gasteiger partial charge in [0.2, 0.25) is 10.0 Å². The maximum absolute atomic E-state index is 12.5. The molecular weight excluding hydrogens is 376 g/mol. The van der Waals surface area contributed by atoms with Gasteiger partial charge in [-0.3, -0.25) is 9.10 Å². The number of hydrogen-bond donors (Lipinski definition) is 1. The van der Waals surface area contributed by atoms with Crippen molar-refractivity contribution >= 4 is 21.6 Å². The Morgan fingerprint density at radius 3 is 2.25 bits per heavy atom. The van der Waals surface area contributed by atoms with E-state index in [1.54, 1.807) is 24.3 Å². The number of benzene rings is 2. The number of amides is 1. The maximum atomic E-state index is 12.5. The summed E-state index contributed by atoms with van der Waals surface area (Å²) in [6.07, 6.45) is 1.06. The monoisotopic (exact) mass is 404 g/mol. The molecule has 0 fully saturated rings.